The number of aryl methyl sites for hydroxylation is 1. The van der Waals surface area contributed by atoms with Gasteiger partial charge in [-0.05, 0) is 53.9 Å². The Bertz CT molecular complexity index is 776. The molecule has 3 rings (SSSR count). The number of primary amides is 1. The molecule has 0 radical (unpaired) electrons. The molecule has 0 saturated carbocycles. The Balaban J connectivity index is 2.00. The Morgan fingerprint density at radius 1 is 1.05 bits per heavy atom. The van der Waals surface area contributed by atoms with Crippen molar-refractivity contribution >= 4 is 17.2 Å². The highest BCUT2D eigenvalue weighted by Gasteiger charge is 2.10. The third kappa shape index (κ3) is 2.71. The largest absolute Gasteiger partial charge is 0.366 e. The number of hydrogen-bond donors (Lipinski definition) is 1. The number of nitrogens with zero attached hydrogens (tertiary/aromatic N) is 1. The number of pyridine rings is 1. The Kier molecular flexibility index (Phi) is 3.54. The summed E-state index contributed by atoms with van der Waals surface area (Å²) in [5.41, 5.74) is 9.29. The average Bonchev–Trinajstić information content (AvgIpc) is 2.90. The number of rotatable bonds is 3. The van der Waals surface area contributed by atoms with Crippen molar-refractivity contribution < 1.29 is 4.79 Å². The molecule has 0 aliphatic heterocycles. The minimum Gasteiger partial charge on any atom is -0.366 e. The molecule has 0 saturated heterocycles. The molecule has 2 heterocycles. The Hall–Kier alpha value is -2.46. The van der Waals surface area contributed by atoms with Gasteiger partial charge in [0.25, 0.3) is 0 Å². The first-order valence-corrected chi connectivity index (χ1v) is 7.38. The molecule has 1 amide bonds. The lowest BCUT2D eigenvalue weighted by molar-refractivity contribution is 0.100. The summed E-state index contributed by atoms with van der Waals surface area (Å²) in [6.07, 6.45) is 3.59. The van der Waals surface area contributed by atoms with E-state index in [1.807, 2.05) is 24.3 Å². The SMILES string of the molecule is Cc1cc(-c2ccncc2)sc1-c1ccc(C(N)=O)cc1. The van der Waals surface area contributed by atoms with Crippen molar-refractivity contribution in [2.24, 2.45) is 5.73 Å². The number of hydrogen-bond acceptors (Lipinski definition) is 3. The first-order valence-electron chi connectivity index (χ1n) is 6.56. The Morgan fingerprint density at radius 2 is 1.71 bits per heavy atom. The zero-order chi connectivity index (χ0) is 14.8. The predicted molar refractivity (Wildman–Crippen MR) is 86.2 cm³/mol. The normalized spacial score (nSPS) is 10.5. The molecule has 0 aliphatic carbocycles. The first-order chi connectivity index (χ1) is 10.1. The molecule has 21 heavy (non-hydrogen) atoms. The zero-order valence-electron chi connectivity index (χ0n) is 11.5. The highest BCUT2D eigenvalue weighted by molar-refractivity contribution is 7.19. The van der Waals surface area contributed by atoms with Gasteiger partial charge >= 0.3 is 0 Å². The summed E-state index contributed by atoms with van der Waals surface area (Å²) in [6, 6.07) is 13.6. The van der Waals surface area contributed by atoms with Crippen LogP contribution in [-0.4, -0.2) is 10.9 Å². The topological polar surface area (TPSA) is 56.0 Å². The van der Waals surface area contributed by atoms with Crippen LogP contribution < -0.4 is 5.73 Å². The predicted octanol–water partition coefficient (Wildman–Crippen LogP) is 3.88. The van der Waals surface area contributed by atoms with Crippen LogP contribution in [0.25, 0.3) is 20.9 Å². The molecular weight excluding hydrogens is 280 g/mol. The van der Waals surface area contributed by atoms with Gasteiger partial charge < -0.3 is 5.73 Å². The van der Waals surface area contributed by atoms with Crippen molar-refractivity contribution in [3.63, 3.8) is 0 Å². The number of nitrogens with two attached hydrogens (primary N) is 1. The summed E-state index contributed by atoms with van der Waals surface area (Å²) in [4.78, 5) is 17.6. The van der Waals surface area contributed by atoms with Gasteiger partial charge in [0.15, 0.2) is 0 Å². The minimum atomic E-state index is -0.401. The van der Waals surface area contributed by atoms with Crippen molar-refractivity contribution in [3.8, 4) is 20.9 Å². The van der Waals surface area contributed by atoms with Crippen LogP contribution in [0.5, 0.6) is 0 Å². The van der Waals surface area contributed by atoms with Crippen LogP contribution in [0.3, 0.4) is 0 Å². The van der Waals surface area contributed by atoms with E-state index < -0.39 is 5.91 Å². The van der Waals surface area contributed by atoms with Gasteiger partial charge in [0.05, 0.1) is 0 Å². The van der Waals surface area contributed by atoms with Gasteiger partial charge in [0, 0.05) is 27.7 Å². The van der Waals surface area contributed by atoms with Crippen LogP contribution in [-0.2, 0) is 0 Å². The van der Waals surface area contributed by atoms with Crippen molar-refractivity contribution in [1.82, 2.24) is 4.98 Å². The van der Waals surface area contributed by atoms with Gasteiger partial charge in [-0.15, -0.1) is 11.3 Å². The number of carbonyl (C=O) groups is 1. The molecule has 2 N–H and O–H groups in total. The Labute approximate surface area is 127 Å². The number of benzene rings is 1. The quantitative estimate of drug-likeness (QED) is 0.797. The maximum absolute atomic E-state index is 11.1. The molecule has 104 valence electrons. The van der Waals surface area contributed by atoms with E-state index in [0.717, 1.165) is 11.1 Å². The maximum atomic E-state index is 11.1. The van der Waals surface area contributed by atoms with Crippen LogP contribution in [0.1, 0.15) is 15.9 Å². The first kappa shape index (κ1) is 13.5. The van der Waals surface area contributed by atoms with E-state index in [1.54, 1.807) is 35.9 Å². The van der Waals surface area contributed by atoms with Crippen LogP contribution in [0.4, 0.5) is 0 Å². The third-order valence-electron chi connectivity index (χ3n) is 3.31. The molecule has 0 unspecified atom stereocenters. The third-order valence-corrected chi connectivity index (χ3v) is 4.65. The van der Waals surface area contributed by atoms with Gasteiger partial charge in [-0.2, -0.15) is 0 Å². The summed E-state index contributed by atoms with van der Waals surface area (Å²) in [5, 5.41) is 0. The average molecular weight is 294 g/mol. The molecule has 0 fully saturated rings. The minimum absolute atomic E-state index is 0.401. The van der Waals surface area contributed by atoms with E-state index in [0.29, 0.717) is 5.56 Å². The number of amides is 1. The fourth-order valence-corrected chi connectivity index (χ4v) is 3.40. The van der Waals surface area contributed by atoms with Crippen molar-refractivity contribution in [2.45, 2.75) is 6.92 Å². The van der Waals surface area contributed by atoms with Crippen LogP contribution in [0.2, 0.25) is 0 Å². The summed E-state index contributed by atoms with van der Waals surface area (Å²) < 4.78 is 0. The molecule has 0 bridgehead atoms. The molecule has 1 aromatic carbocycles. The zero-order valence-corrected chi connectivity index (χ0v) is 12.4. The molecule has 2 aromatic heterocycles. The summed E-state index contributed by atoms with van der Waals surface area (Å²) in [6.45, 7) is 2.10. The summed E-state index contributed by atoms with van der Waals surface area (Å²) >= 11 is 1.74. The van der Waals surface area contributed by atoms with Gasteiger partial charge in [-0.1, -0.05) is 12.1 Å². The maximum Gasteiger partial charge on any atom is 0.248 e. The monoisotopic (exact) mass is 294 g/mol. The molecule has 0 aliphatic rings. The number of carbonyl (C=O) groups excluding carboxylic acids is 1. The summed E-state index contributed by atoms with van der Waals surface area (Å²) in [7, 11) is 0. The van der Waals surface area contributed by atoms with E-state index in [4.69, 9.17) is 5.73 Å². The molecular formula is C17H14N2OS. The molecule has 0 spiro atoms. The van der Waals surface area contributed by atoms with E-state index >= 15 is 0 Å². The Morgan fingerprint density at radius 3 is 2.33 bits per heavy atom. The molecule has 3 aromatic rings. The molecule has 3 nitrogen and oxygen atoms in total. The molecule has 4 heteroatoms. The second kappa shape index (κ2) is 5.50. The fraction of sp³-hybridized carbons (Fsp3) is 0.0588. The van der Waals surface area contributed by atoms with Crippen LogP contribution >= 0.6 is 11.3 Å². The lowest BCUT2D eigenvalue weighted by Crippen LogP contribution is -2.10. The lowest BCUT2D eigenvalue weighted by Gasteiger charge is -2.01. The number of aromatic nitrogens is 1. The standard InChI is InChI=1S/C17H14N2OS/c1-11-10-15(12-6-8-19-9-7-12)21-16(11)13-2-4-14(5-3-13)17(18)20/h2-10H,1H3,(H2,18,20). The van der Waals surface area contributed by atoms with E-state index in [2.05, 4.69) is 18.0 Å². The van der Waals surface area contributed by atoms with Gasteiger partial charge in [0.1, 0.15) is 0 Å². The highest BCUT2D eigenvalue weighted by Crippen LogP contribution is 2.37. The van der Waals surface area contributed by atoms with Gasteiger partial charge in [-0.3, -0.25) is 9.78 Å². The van der Waals surface area contributed by atoms with Crippen molar-refractivity contribution in [1.29, 1.82) is 0 Å². The van der Waals surface area contributed by atoms with Crippen LogP contribution in [0, 0.1) is 6.92 Å². The lowest BCUT2D eigenvalue weighted by atomic mass is 10.1. The smallest absolute Gasteiger partial charge is 0.248 e. The van der Waals surface area contributed by atoms with E-state index in [9.17, 15) is 4.79 Å². The van der Waals surface area contributed by atoms with Crippen LogP contribution in [0.15, 0.2) is 54.9 Å². The summed E-state index contributed by atoms with van der Waals surface area (Å²) in [5.74, 6) is -0.401. The van der Waals surface area contributed by atoms with E-state index in [1.165, 1.54) is 15.3 Å². The fourth-order valence-electron chi connectivity index (χ4n) is 2.21. The molecule has 0 atom stereocenters. The van der Waals surface area contributed by atoms with Gasteiger partial charge in [-0.25, -0.2) is 0 Å². The second-order valence-corrected chi connectivity index (χ2v) is 5.85. The second-order valence-electron chi connectivity index (χ2n) is 4.80. The van der Waals surface area contributed by atoms with Crippen molar-refractivity contribution in [3.05, 3.63) is 66.0 Å². The number of thiophene rings is 1. The van der Waals surface area contributed by atoms with E-state index in [-0.39, 0.29) is 0 Å². The highest BCUT2D eigenvalue weighted by atomic mass is 32.1. The van der Waals surface area contributed by atoms with Crippen molar-refractivity contribution in [2.75, 3.05) is 0 Å². The van der Waals surface area contributed by atoms with Gasteiger partial charge in [0.2, 0.25) is 5.91 Å².